The number of hydrogen-bond donors (Lipinski definition) is 1. The predicted octanol–water partition coefficient (Wildman–Crippen LogP) is 1.39. The molecule has 108 valence electrons. The van der Waals surface area contributed by atoms with Crippen molar-refractivity contribution >= 4 is 5.82 Å². The molecular weight excluding hydrogens is 273 g/mol. The number of nitrogens with zero attached hydrogens (tertiary/aromatic N) is 5. The van der Waals surface area contributed by atoms with Crippen molar-refractivity contribution in [2.24, 2.45) is 13.0 Å². The van der Waals surface area contributed by atoms with Gasteiger partial charge in [-0.3, -0.25) is 4.68 Å². The number of fused-ring (bicyclic) bond motifs is 1. The van der Waals surface area contributed by atoms with Crippen LogP contribution in [0.5, 0.6) is 0 Å². The fourth-order valence-corrected chi connectivity index (χ4v) is 2.41. The van der Waals surface area contributed by atoms with Crippen molar-refractivity contribution in [3.63, 3.8) is 0 Å². The second-order valence-electron chi connectivity index (χ2n) is 4.89. The Labute approximate surface area is 112 Å². The zero-order valence-electron chi connectivity index (χ0n) is 10.7. The minimum Gasteiger partial charge on any atom is -0.383 e. The van der Waals surface area contributed by atoms with Crippen LogP contribution in [-0.2, 0) is 20.0 Å². The minimum absolute atomic E-state index is 0.0458. The van der Waals surface area contributed by atoms with E-state index in [9.17, 15) is 13.2 Å². The van der Waals surface area contributed by atoms with Gasteiger partial charge in [0.2, 0.25) is 0 Å². The number of nitrogens with two attached hydrogens (primary N) is 1. The van der Waals surface area contributed by atoms with Gasteiger partial charge >= 0.3 is 6.18 Å². The molecule has 1 aliphatic heterocycles. The molecule has 3 rings (SSSR count). The van der Waals surface area contributed by atoms with E-state index in [1.165, 1.54) is 15.4 Å². The van der Waals surface area contributed by atoms with Crippen LogP contribution in [0.15, 0.2) is 6.20 Å². The Morgan fingerprint density at radius 2 is 2.10 bits per heavy atom. The molecule has 9 heteroatoms. The largest absolute Gasteiger partial charge is 0.393 e. The summed E-state index contributed by atoms with van der Waals surface area (Å²) in [5.74, 6) is -0.111. The van der Waals surface area contributed by atoms with Crippen molar-refractivity contribution in [3.05, 3.63) is 12.0 Å². The third-order valence-corrected chi connectivity index (χ3v) is 3.64. The molecule has 6 nitrogen and oxygen atoms in total. The van der Waals surface area contributed by atoms with Gasteiger partial charge in [-0.25, -0.2) is 0 Å². The van der Waals surface area contributed by atoms with Crippen molar-refractivity contribution < 1.29 is 13.2 Å². The Bertz CT molecular complexity index is 641. The lowest BCUT2D eigenvalue weighted by Crippen LogP contribution is -2.32. The molecule has 0 amide bonds. The highest BCUT2D eigenvalue weighted by Crippen LogP contribution is 2.36. The maximum atomic E-state index is 12.9. The minimum atomic E-state index is -4.21. The molecule has 0 bridgehead atoms. The van der Waals surface area contributed by atoms with Crippen LogP contribution in [0.25, 0.3) is 11.4 Å². The number of rotatable bonds is 1. The van der Waals surface area contributed by atoms with E-state index in [0.29, 0.717) is 23.0 Å². The maximum Gasteiger partial charge on any atom is 0.393 e. The molecule has 0 spiro atoms. The third-order valence-electron chi connectivity index (χ3n) is 3.64. The first-order valence-corrected chi connectivity index (χ1v) is 6.14. The van der Waals surface area contributed by atoms with Gasteiger partial charge in [0.25, 0.3) is 0 Å². The Morgan fingerprint density at radius 3 is 2.70 bits per heavy atom. The molecule has 1 aliphatic rings. The Balaban J connectivity index is 2.01. The van der Waals surface area contributed by atoms with E-state index in [4.69, 9.17) is 5.73 Å². The van der Waals surface area contributed by atoms with Crippen LogP contribution in [0.4, 0.5) is 19.0 Å². The first-order chi connectivity index (χ1) is 9.38. The summed E-state index contributed by atoms with van der Waals surface area (Å²) in [7, 11) is 1.66. The van der Waals surface area contributed by atoms with Crippen LogP contribution in [0, 0.1) is 5.92 Å². The highest BCUT2D eigenvalue weighted by Gasteiger charge is 2.42. The van der Waals surface area contributed by atoms with E-state index in [-0.39, 0.29) is 19.4 Å². The van der Waals surface area contributed by atoms with Crippen molar-refractivity contribution in [2.75, 3.05) is 5.73 Å². The van der Waals surface area contributed by atoms with Gasteiger partial charge in [-0.1, -0.05) is 0 Å². The number of alkyl halides is 3. The Kier molecular flexibility index (Phi) is 2.73. The Morgan fingerprint density at radius 1 is 1.35 bits per heavy atom. The number of aromatic nitrogens is 5. The van der Waals surface area contributed by atoms with Crippen LogP contribution in [0.3, 0.4) is 0 Å². The molecule has 2 aromatic heterocycles. The first-order valence-electron chi connectivity index (χ1n) is 6.14. The zero-order chi connectivity index (χ0) is 14.5. The van der Waals surface area contributed by atoms with Gasteiger partial charge < -0.3 is 10.3 Å². The summed E-state index contributed by atoms with van der Waals surface area (Å²) >= 11 is 0. The number of hydrogen-bond acceptors (Lipinski definition) is 4. The highest BCUT2D eigenvalue weighted by atomic mass is 19.4. The van der Waals surface area contributed by atoms with Gasteiger partial charge in [0, 0.05) is 20.0 Å². The molecule has 1 atom stereocenters. The van der Waals surface area contributed by atoms with Crippen LogP contribution >= 0.6 is 0 Å². The summed E-state index contributed by atoms with van der Waals surface area (Å²) in [4.78, 5) is 0. The Hall–Kier alpha value is -2.06. The molecule has 0 fully saturated rings. The first kappa shape index (κ1) is 12.9. The monoisotopic (exact) mass is 286 g/mol. The molecule has 3 heterocycles. The second-order valence-corrected chi connectivity index (χ2v) is 4.89. The SMILES string of the molecule is Cn1ncc(-c2nnc3n2CC(C(F)(F)F)CC3)c1N. The van der Waals surface area contributed by atoms with Gasteiger partial charge in [-0.05, 0) is 6.42 Å². The fraction of sp³-hybridized carbons (Fsp3) is 0.545. The molecule has 0 radical (unpaired) electrons. The van der Waals surface area contributed by atoms with E-state index in [1.807, 2.05) is 0 Å². The number of aryl methyl sites for hydroxylation is 2. The third kappa shape index (κ3) is 1.93. The standard InChI is InChI=1S/C11H13F3N6/c1-19-9(15)7(4-16-19)10-18-17-8-3-2-6(5-20(8)10)11(12,13)14/h4,6H,2-3,5,15H2,1H3. The second kappa shape index (κ2) is 4.22. The molecule has 2 aromatic rings. The summed E-state index contributed by atoms with van der Waals surface area (Å²) in [6.07, 6.45) is -2.41. The average molecular weight is 286 g/mol. The van der Waals surface area contributed by atoms with Gasteiger partial charge in [-0.15, -0.1) is 10.2 Å². The molecule has 2 N–H and O–H groups in total. The smallest absolute Gasteiger partial charge is 0.383 e. The number of halogens is 3. The normalized spacial score (nSPS) is 19.1. The molecular formula is C11H13F3N6. The zero-order valence-corrected chi connectivity index (χ0v) is 10.7. The lowest BCUT2D eigenvalue weighted by atomic mass is 9.98. The van der Waals surface area contributed by atoms with Crippen LogP contribution < -0.4 is 5.73 Å². The molecule has 1 unspecified atom stereocenters. The fourth-order valence-electron chi connectivity index (χ4n) is 2.41. The summed E-state index contributed by atoms with van der Waals surface area (Å²) in [5.41, 5.74) is 6.35. The molecule has 0 aromatic carbocycles. The van der Waals surface area contributed by atoms with Gasteiger partial charge in [0.05, 0.1) is 17.7 Å². The van der Waals surface area contributed by atoms with E-state index in [2.05, 4.69) is 15.3 Å². The van der Waals surface area contributed by atoms with Crippen LogP contribution in [-0.4, -0.2) is 30.7 Å². The molecule has 20 heavy (non-hydrogen) atoms. The van der Waals surface area contributed by atoms with Crippen molar-refractivity contribution in [2.45, 2.75) is 25.6 Å². The van der Waals surface area contributed by atoms with Gasteiger partial charge in [0.15, 0.2) is 5.82 Å². The molecule has 0 aliphatic carbocycles. The van der Waals surface area contributed by atoms with Crippen molar-refractivity contribution in [3.8, 4) is 11.4 Å². The van der Waals surface area contributed by atoms with E-state index in [0.717, 1.165) is 0 Å². The van der Waals surface area contributed by atoms with Crippen molar-refractivity contribution in [1.82, 2.24) is 24.5 Å². The van der Waals surface area contributed by atoms with Crippen LogP contribution in [0.2, 0.25) is 0 Å². The predicted molar refractivity (Wildman–Crippen MR) is 64.5 cm³/mol. The number of nitrogen functional groups attached to an aromatic ring is 1. The average Bonchev–Trinajstić information content (AvgIpc) is 2.93. The van der Waals surface area contributed by atoms with Crippen molar-refractivity contribution in [1.29, 1.82) is 0 Å². The molecule has 0 saturated heterocycles. The van der Waals surface area contributed by atoms with E-state index < -0.39 is 12.1 Å². The van der Waals surface area contributed by atoms with Gasteiger partial charge in [0.1, 0.15) is 11.6 Å². The van der Waals surface area contributed by atoms with Crippen LogP contribution in [0.1, 0.15) is 12.2 Å². The lowest BCUT2D eigenvalue weighted by molar-refractivity contribution is -0.182. The van der Waals surface area contributed by atoms with E-state index >= 15 is 0 Å². The summed E-state index contributed by atoms with van der Waals surface area (Å²) in [6, 6.07) is 0. The molecule has 0 saturated carbocycles. The summed E-state index contributed by atoms with van der Waals surface area (Å²) < 4.78 is 41.5. The topological polar surface area (TPSA) is 74.5 Å². The van der Waals surface area contributed by atoms with E-state index in [1.54, 1.807) is 7.05 Å². The summed E-state index contributed by atoms with van der Waals surface area (Å²) in [5, 5.41) is 11.9. The quantitative estimate of drug-likeness (QED) is 0.859. The van der Waals surface area contributed by atoms with Gasteiger partial charge in [-0.2, -0.15) is 18.3 Å². The lowest BCUT2D eigenvalue weighted by Gasteiger charge is -2.26. The highest BCUT2D eigenvalue weighted by molar-refractivity contribution is 5.68. The maximum absolute atomic E-state index is 12.9. The summed E-state index contributed by atoms with van der Waals surface area (Å²) in [6.45, 7) is -0.171. The number of anilines is 1.